The van der Waals surface area contributed by atoms with Crippen molar-refractivity contribution in [3.63, 3.8) is 0 Å². The highest BCUT2D eigenvalue weighted by Gasteiger charge is 2.17. The van der Waals surface area contributed by atoms with Gasteiger partial charge < -0.3 is 14.4 Å². The lowest BCUT2D eigenvalue weighted by molar-refractivity contribution is -0.142. The highest BCUT2D eigenvalue weighted by molar-refractivity contribution is 6.32. The van der Waals surface area contributed by atoms with E-state index in [0.717, 1.165) is 5.56 Å². The molecule has 0 unspecified atom stereocenters. The maximum Gasteiger partial charge on any atom is 0.307 e. The number of para-hydroxylation sites is 1. The van der Waals surface area contributed by atoms with Crippen LogP contribution >= 0.6 is 11.6 Å². The lowest BCUT2D eigenvalue weighted by atomic mass is 10.2. The van der Waals surface area contributed by atoms with Crippen LogP contribution in [0, 0.1) is 5.82 Å². The van der Waals surface area contributed by atoms with Crippen molar-refractivity contribution in [3.05, 3.63) is 64.9 Å². The van der Waals surface area contributed by atoms with Gasteiger partial charge >= 0.3 is 5.97 Å². The molecule has 0 spiro atoms. The van der Waals surface area contributed by atoms with Gasteiger partial charge in [-0.1, -0.05) is 35.9 Å². The lowest BCUT2D eigenvalue weighted by Crippen LogP contribution is -2.36. The Morgan fingerprint density at radius 2 is 1.81 bits per heavy atom. The fourth-order valence-corrected chi connectivity index (χ4v) is 2.41. The summed E-state index contributed by atoms with van der Waals surface area (Å²) in [5, 5.41) is 0.403. The second-order valence-corrected chi connectivity index (χ2v) is 5.89. The predicted octanol–water partition coefficient (Wildman–Crippen LogP) is 3.45. The first kappa shape index (κ1) is 19.7. The van der Waals surface area contributed by atoms with Gasteiger partial charge in [0.2, 0.25) is 0 Å². The molecule has 0 aliphatic heterocycles. The average molecular weight is 380 g/mol. The summed E-state index contributed by atoms with van der Waals surface area (Å²) in [4.78, 5) is 25.4. The smallest absolute Gasteiger partial charge is 0.307 e. The Hall–Kier alpha value is -2.60. The molecule has 1 amide bonds. The largest absolute Gasteiger partial charge is 0.482 e. The predicted molar refractivity (Wildman–Crippen MR) is 95.4 cm³/mol. The first-order chi connectivity index (χ1) is 12.5. The minimum atomic E-state index is -0.422. The Morgan fingerprint density at radius 1 is 1.12 bits per heavy atom. The van der Waals surface area contributed by atoms with Gasteiger partial charge in [0.05, 0.1) is 18.6 Å². The number of carbonyl (C=O) groups excluding carboxylic acids is 2. The van der Waals surface area contributed by atoms with E-state index in [1.807, 2.05) is 0 Å². The maximum absolute atomic E-state index is 13.1. The van der Waals surface area contributed by atoms with Crippen LogP contribution in [0.1, 0.15) is 12.0 Å². The molecule has 0 saturated heterocycles. The highest BCUT2D eigenvalue weighted by Crippen LogP contribution is 2.23. The van der Waals surface area contributed by atoms with E-state index in [9.17, 15) is 14.0 Å². The highest BCUT2D eigenvalue weighted by atomic mass is 35.5. The molecule has 2 aromatic carbocycles. The molecule has 0 radical (unpaired) electrons. The molecule has 0 fully saturated rings. The summed E-state index contributed by atoms with van der Waals surface area (Å²) in [6.45, 7) is 0.156. The van der Waals surface area contributed by atoms with Gasteiger partial charge in [0.1, 0.15) is 11.6 Å². The monoisotopic (exact) mass is 379 g/mol. The summed E-state index contributed by atoms with van der Waals surface area (Å²) in [6, 6.07) is 12.6. The first-order valence-electron chi connectivity index (χ1n) is 7.96. The van der Waals surface area contributed by atoms with Gasteiger partial charge in [-0.15, -0.1) is 0 Å². The number of halogens is 2. The Labute approximate surface area is 156 Å². The van der Waals surface area contributed by atoms with Crippen molar-refractivity contribution < 1.29 is 23.5 Å². The van der Waals surface area contributed by atoms with Crippen molar-refractivity contribution >= 4 is 23.5 Å². The molecule has 0 atom stereocenters. The van der Waals surface area contributed by atoms with Gasteiger partial charge in [0.15, 0.2) is 6.61 Å². The second kappa shape index (κ2) is 9.77. The van der Waals surface area contributed by atoms with Crippen LogP contribution in [0.4, 0.5) is 4.39 Å². The molecule has 0 heterocycles. The van der Waals surface area contributed by atoms with E-state index in [0.29, 0.717) is 10.8 Å². The van der Waals surface area contributed by atoms with E-state index >= 15 is 0 Å². The SMILES string of the molecule is COC(=O)CCN(Cc1ccc(F)cc1)C(=O)COc1ccccc1Cl. The third kappa shape index (κ3) is 6.04. The van der Waals surface area contributed by atoms with Crippen LogP contribution < -0.4 is 4.74 Å². The van der Waals surface area contributed by atoms with Gasteiger partial charge in [0.25, 0.3) is 5.91 Å². The molecule has 2 aromatic rings. The summed E-state index contributed by atoms with van der Waals surface area (Å²) in [6.07, 6.45) is 0.0511. The van der Waals surface area contributed by atoms with Crippen molar-refractivity contribution in [2.45, 2.75) is 13.0 Å². The van der Waals surface area contributed by atoms with Crippen molar-refractivity contribution in [2.24, 2.45) is 0 Å². The van der Waals surface area contributed by atoms with Gasteiger partial charge in [0, 0.05) is 13.1 Å². The molecular weight excluding hydrogens is 361 g/mol. The third-order valence-electron chi connectivity index (χ3n) is 3.64. The molecule has 2 rings (SSSR count). The van der Waals surface area contributed by atoms with Crippen LogP contribution in [0.2, 0.25) is 5.02 Å². The molecule has 138 valence electrons. The molecule has 0 saturated carbocycles. The van der Waals surface area contributed by atoms with Crippen LogP contribution in [-0.2, 0) is 20.9 Å². The van der Waals surface area contributed by atoms with E-state index in [4.69, 9.17) is 16.3 Å². The van der Waals surface area contributed by atoms with Gasteiger partial charge in [-0.25, -0.2) is 4.39 Å². The number of esters is 1. The van der Waals surface area contributed by atoms with E-state index in [-0.39, 0.29) is 37.8 Å². The normalized spacial score (nSPS) is 10.3. The summed E-state index contributed by atoms with van der Waals surface area (Å²) in [7, 11) is 1.29. The van der Waals surface area contributed by atoms with Crippen LogP contribution in [0.3, 0.4) is 0 Å². The summed E-state index contributed by atoms with van der Waals surface area (Å²) in [5.41, 5.74) is 0.738. The van der Waals surface area contributed by atoms with Crippen LogP contribution in [0.25, 0.3) is 0 Å². The van der Waals surface area contributed by atoms with E-state index in [1.54, 1.807) is 36.4 Å². The van der Waals surface area contributed by atoms with E-state index < -0.39 is 5.97 Å². The molecule has 0 bridgehead atoms. The van der Waals surface area contributed by atoms with Crippen molar-refractivity contribution in [2.75, 3.05) is 20.3 Å². The van der Waals surface area contributed by atoms with Crippen LogP contribution in [-0.4, -0.2) is 37.0 Å². The number of amides is 1. The quantitative estimate of drug-likeness (QED) is 0.659. The van der Waals surface area contributed by atoms with Crippen LogP contribution in [0.5, 0.6) is 5.75 Å². The fraction of sp³-hybridized carbons (Fsp3) is 0.263. The number of hydrogen-bond donors (Lipinski definition) is 0. The Balaban J connectivity index is 2.03. The lowest BCUT2D eigenvalue weighted by Gasteiger charge is -2.22. The molecule has 0 aromatic heterocycles. The molecule has 0 aliphatic carbocycles. The van der Waals surface area contributed by atoms with Gasteiger partial charge in [-0.05, 0) is 29.8 Å². The molecule has 26 heavy (non-hydrogen) atoms. The first-order valence-corrected chi connectivity index (χ1v) is 8.33. The topological polar surface area (TPSA) is 55.8 Å². The molecular formula is C19H19ClFNO4. The molecule has 0 aliphatic rings. The van der Waals surface area contributed by atoms with Crippen molar-refractivity contribution in [3.8, 4) is 5.75 Å². The van der Waals surface area contributed by atoms with E-state index in [1.165, 1.54) is 24.1 Å². The van der Waals surface area contributed by atoms with E-state index in [2.05, 4.69) is 4.74 Å². The number of benzene rings is 2. The zero-order valence-electron chi connectivity index (χ0n) is 14.3. The zero-order chi connectivity index (χ0) is 18.9. The minimum Gasteiger partial charge on any atom is -0.482 e. The van der Waals surface area contributed by atoms with Gasteiger partial charge in [-0.2, -0.15) is 0 Å². The summed E-state index contributed by atoms with van der Waals surface area (Å²) in [5.74, 6) is -0.701. The molecule has 5 nitrogen and oxygen atoms in total. The van der Waals surface area contributed by atoms with Gasteiger partial charge in [-0.3, -0.25) is 9.59 Å². The van der Waals surface area contributed by atoms with Crippen molar-refractivity contribution in [1.82, 2.24) is 4.90 Å². The number of ether oxygens (including phenoxy) is 2. The number of rotatable bonds is 8. The molecule has 7 heteroatoms. The molecule has 0 N–H and O–H groups in total. The van der Waals surface area contributed by atoms with Crippen LogP contribution in [0.15, 0.2) is 48.5 Å². The number of hydrogen-bond acceptors (Lipinski definition) is 4. The summed E-state index contributed by atoms with van der Waals surface area (Å²) < 4.78 is 23.1. The second-order valence-electron chi connectivity index (χ2n) is 5.49. The van der Waals surface area contributed by atoms with Crippen molar-refractivity contribution in [1.29, 1.82) is 0 Å². The standard InChI is InChI=1S/C19H19ClFNO4/c1-25-19(24)10-11-22(12-14-6-8-15(21)9-7-14)18(23)13-26-17-5-3-2-4-16(17)20/h2-9H,10-13H2,1H3. The fourth-order valence-electron chi connectivity index (χ4n) is 2.22. The summed E-state index contributed by atoms with van der Waals surface area (Å²) >= 11 is 6.01. The number of methoxy groups -OCH3 is 1. The minimum absolute atomic E-state index is 0.0511. The number of nitrogens with zero attached hydrogens (tertiary/aromatic N) is 1. The average Bonchev–Trinajstić information content (AvgIpc) is 2.65. The maximum atomic E-state index is 13.1. The Morgan fingerprint density at radius 3 is 2.46 bits per heavy atom. The Kier molecular flexibility index (Phi) is 7.41. The number of carbonyl (C=O) groups is 2. The Bertz CT molecular complexity index is 751. The zero-order valence-corrected chi connectivity index (χ0v) is 15.0. The third-order valence-corrected chi connectivity index (χ3v) is 3.95.